The normalized spacial score (nSPS) is 10.1. The molecule has 1 heterocycles. The highest BCUT2D eigenvalue weighted by Crippen LogP contribution is 2.24. The number of halogens is 2. The molecule has 0 unspecified atom stereocenters. The van der Waals surface area contributed by atoms with Gasteiger partial charge in [0.1, 0.15) is 5.82 Å². The number of hydrogen-bond acceptors (Lipinski definition) is 2. The zero-order chi connectivity index (χ0) is 9.97. The zero-order valence-corrected chi connectivity index (χ0v) is 7.85. The Bertz CT molecular complexity index is 428. The summed E-state index contributed by atoms with van der Waals surface area (Å²) >= 11 is 5.80. The fourth-order valence-electron chi connectivity index (χ4n) is 1.05. The van der Waals surface area contributed by atoms with Crippen LogP contribution in [0, 0.1) is 5.82 Å². The van der Waals surface area contributed by atoms with Crippen molar-refractivity contribution < 1.29 is 4.39 Å². The standard InChI is InChI=1S/C9H7ClFN3/c10-7-5-6(11)1-2-8(7)14-9-12-3-4-13-9/h1-5H,(H2,12,13,14). The molecule has 1 aromatic heterocycles. The van der Waals surface area contributed by atoms with Gasteiger partial charge in [-0.3, -0.25) is 0 Å². The number of nitrogens with one attached hydrogen (secondary N) is 2. The van der Waals surface area contributed by atoms with Gasteiger partial charge in [0.25, 0.3) is 0 Å². The van der Waals surface area contributed by atoms with Gasteiger partial charge in [-0.05, 0) is 18.2 Å². The zero-order valence-electron chi connectivity index (χ0n) is 7.09. The predicted octanol–water partition coefficient (Wildman–Crippen LogP) is 2.95. The number of anilines is 2. The van der Waals surface area contributed by atoms with Crippen molar-refractivity contribution in [2.24, 2.45) is 0 Å². The van der Waals surface area contributed by atoms with E-state index in [9.17, 15) is 4.39 Å². The first-order chi connectivity index (χ1) is 6.75. The summed E-state index contributed by atoms with van der Waals surface area (Å²) in [6.07, 6.45) is 3.29. The molecule has 0 aliphatic carbocycles. The maximum atomic E-state index is 12.7. The van der Waals surface area contributed by atoms with Gasteiger partial charge in [-0.15, -0.1) is 0 Å². The van der Waals surface area contributed by atoms with Crippen molar-refractivity contribution in [3.63, 3.8) is 0 Å². The van der Waals surface area contributed by atoms with Gasteiger partial charge in [-0.2, -0.15) is 0 Å². The van der Waals surface area contributed by atoms with Crippen LogP contribution in [0.5, 0.6) is 0 Å². The molecule has 0 saturated heterocycles. The Balaban J connectivity index is 2.25. The fraction of sp³-hybridized carbons (Fsp3) is 0. The van der Waals surface area contributed by atoms with E-state index < -0.39 is 0 Å². The number of rotatable bonds is 2. The van der Waals surface area contributed by atoms with Crippen molar-refractivity contribution in [1.82, 2.24) is 9.97 Å². The fourth-order valence-corrected chi connectivity index (χ4v) is 1.27. The number of benzene rings is 1. The van der Waals surface area contributed by atoms with Gasteiger partial charge < -0.3 is 10.3 Å². The summed E-state index contributed by atoms with van der Waals surface area (Å²) in [5.41, 5.74) is 0.614. The lowest BCUT2D eigenvalue weighted by atomic mass is 10.3. The summed E-state index contributed by atoms with van der Waals surface area (Å²) in [7, 11) is 0. The number of aromatic nitrogens is 2. The second kappa shape index (κ2) is 3.67. The second-order valence-corrected chi connectivity index (χ2v) is 3.09. The van der Waals surface area contributed by atoms with Gasteiger partial charge in [-0.1, -0.05) is 11.6 Å². The van der Waals surface area contributed by atoms with Crippen molar-refractivity contribution in [3.05, 3.63) is 41.4 Å². The number of hydrogen-bond donors (Lipinski definition) is 2. The van der Waals surface area contributed by atoms with Crippen LogP contribution in [0.3, 0.4) is 0 Å². The number of imidazole rings is 1. The highest BCUT2D eigenvalue weighted by Gasteiger charge is 2.02. The molecule has 5 heteroatoms. The predicted molar refractivity (Wildman–Crippen MR) is 53.3 cm³/mol. The third-order valence-electron chi connectivity index (χ3n) is 1.68. The molecule has 0 fully saturated rings. The second-order valence-electron chi connectivity index (χ2n) is 2.69. The third-order valence-corrected chi connectivity index (χ3v) is 2.00. The van der Waals surface area contributed by atoms with E-state index >= 15 is 0 Å². The third kappa shape index (κ3) is 1.85. The molecule has 0 bridgehead atoms. The molecule has 0 amide bonds. The average molecular weight is 212 g/mol. The Morgan fingerprint density at radius 2 is 2.29 bits per heavy atom. The Morgan fingerprint density at radius 3 is 2.93 bits per heavy atom. The molecule has 1 aromatic carbocycles. The Morgan fingerprint density at radius 1 is 1.43 bits per heavy atom. The largest absolute Gasteiger partial charge is 0.331 e. The molecule has 0 aliphatic heterocycles. The number of nitrogens with zero attached hydrogens (tertiary/aromatic N) is 1. The van der Waals surface area contributed by atoms with Gasteiger partial charge >= 0.3 is 0 Å². The molecule has 2 aromatic rings. The van der Waals surface area contributed by atoms with Crippen molar-refractivity contribution in [2.45, 2.75) is 0 Å². The van der Waals surface area contributed by atoms with E-state index in [4.69, 9.17) is 11.6 Å². The minimum Gasteiger partial charge on any atom is -0.331 e. The van der Waals surface area contributed by atoms with Crippen LogP contribution in [0.15, 0.2) is 30.6 Å². The van der Waals surface area contributed by atoms with Gasteiger partial charge in [0.2, 0.25) is 5.95 Å². The lowest BCUT2D eigenvalue weighted by Gasteiger charge is -2.04. The Kier molecular flexibility index (Phi) is 2.37. The Hall–Kier alpha value is -1.55. The van der Waals surface area contributed by atoms with Crippen LogP contribution in [0.1, 0.15) is 0 Å². The highest BCUT2D eigenvalue weighted by atomic mass is 35.5. The van der Waals surface area contributed by atoms with Gasteiger partial charge in [0, 0.05) is 12.4 Å². The van der Waals surface area contributed by atoms with E-state index in [-0.39, 0.29) is 5.82 Å². The SMILES string of the molecule is Fc1ccc(Nc2ncc[nH]2)c(Cl)c1. The summed E-state index contributed by atoms with van der Waals surface area (Å²) in [5.74, 6) is 0.207. The van der Waals surface area contributed by atoms with E-state index in [1.807, 2.05) is 0 Å². The van der Waals surface area contributed by atoms with Crippen LogP contribution in [0.25, 0.3) is 0 Å². The summed E-state index contributed by atoms with van der Waals surface area (Å²) in [4.78, 5) is 6.81. The number of H-pyrrole nitrogens is 1. The maximum Gasteiger partial charge on any atom is 0.204 e. The first-order valence-electron chi connectivity index (χ1n) is 3.97. The van der Waals surface area contributed by atoms with E-state index in [0.29, 0.717) is 16.7 Å². The first-order valence-corrected chi connectivity index (χ1v) is 4.35. The van der Waals surface area contributed by atoms with Crippen molar-refractivity contribution in [1.29, 1.82) is 0 Å². The molecular formula is C9H7ClFN3. The Labute approximate surface area is 84.9 Å². The summed E-state index contributed by atoms with van der Waals surface area (Å²) < 4.78 is 12.7. The smallest absolute Gasteiger partial charge is 0.204 e. The lowest BCUT2D eigenvalue weighted by molar-refractivity contribution is 0.628. The van der Waals surface area contributed by atoms with Crippen LogP contribution in [0.2, 0.25) is 5.02 Å². The summed E-state index contributed by atoms with van der Waals surface area (Å²) in [5, 5.41) is 3.23. The summed E-state index contributed by atoms with van der Waals surface area (Å²) in [6.45, 7) is 0. The van der Waals surface area contributed by atoms with E-state index in [1.54, 1.807) is 18.5 Å². The molecule has 3 nitrogen and oxygen atoms in total. The average Bonchev–Trinajstić information content (AvgIpc) is 2.62. The molecule has 0 saturated carbocycles. The molecule has 2 N–H and O–H groups in total. The molecule has 0 spiro atoms. The minimum atomic E-state index is -0.361. The van der Waals surface area contributed by atoms with Crippen LogP contribution in [0.4, 0.5) is 16.0 Å². The quantitative estimate of drug-likeness (QED) is 0.802. The monoisotopic (exact) mass is 211 g/mol. The van der Waals surface area contributed by atoms with Gasteiger partial charge in [0.05, 0.1) is 10.7 Å². The minimum absolute atomic E-state index is 0.321. The maximum absolute atomic E-state index is 12.7. The van der Waals surface area contributed by atoms with Crippen LogP contribution in [-0.2, 0) is 0 Å². The van der Waals surface area contributed by atoms with Gasteiger partial charge in [0.15, 0.2) is 0 Å². The van der Waals surface area contributed by atoms with E-state index in [0.717, 1.165) is 0 Å². The van der Waals surface area contributed by atoms with Crippen LogP contribution < -0.4 is 5.32 Å². The van der Waals surface area contributed by atoms with Crippen LogP contribution >= 0.6 is 11.6 Å². The van der Waals surface area contributed by atoms with E-state index in [2.05, 4.69) is 15.3 Å². The molecule has 0 aliphatic rings. The molecule has 0 radical (unpaired) electrons. The van der Waals surface area contributed by atoms with Gasteiger partial charge in [-0.25, -0.2) is 9.37 Å². The van der Waals surface area contributed by atoms with Crippen molar-refractivity contribution in [2.75, 3.05) is 5.32 Å². The lowest BCUT2D eigenvalue weighted by Crippen LogP contribution is -1.93. The highest BCUT2D eigenvalue weighted by molar-refractivity contribution is 6.33. The number of aromatic amines is 1. The molecule has 14 heavy (non-hydrogen) atoms. The van der Waals surface area contributed by atoms with Crippen molar-refractivity contribution >= 4 is 23.2 Å². The summed E-state index contributed by atoms with van der Waals surface area (Å²) in [6, 6.07) is 4.13. The van der Waals surface area contributed by atoms with Crippen molar-refractivity contribution in [3.8, 4) is 0 Å². The first kappa shape index (κ1) is 9.02. The topological polar surface area (TPSA) is 40.7 Å². The van der Waals surface area contributed by atoms with Crippen LogP contribution in [-0.4, -0.2) is 9.97 Å². The molecule has 72 valence electrons. The molecular weight excluding hydrogens is 205 g/mol. The van der Waals surface area contributed by atoms with E-state index in [1.165, 1.54) is 12.1 Å². The molecule has 0 atom stereocenters. The molecule has 2 rings (SSSR count).